The summed E-state index contributed by atoms with van der Waals surface area (Å²) in [6, 6.07) is 7.11. The van der Waals surface area contributed by atoms with Gasteiger partial charge in [-0.15, -0.1) is 0 Å². The lowest BCUT2D eigenvalue weighted by Crippen LogP contribution is -2.43. The maximum atomic E-state index is 14.0. The van der Waals surface area contributed by atoms with Gasteiger partial charge >= 0.3 is 5.97 Å². The minimum atomic E-state index is -2.38. The molecule has 0 bridgehead atoms. The third-order valence-electron chi connectivity index (χ3n) is 4.18. The fourth-order valence-electron chi connectivity index (χ4n) is 2.87. The smallest absolute Gasteiger partial charge is 0.343 e. The maximum Gasteiger partial charge on any atom is 0.343 e. The number of likely N-dealkylation sites (tertiary alicyclic amines) is 1. The van der Waals surface area contributed by atoms with Gasteiger partial charge < -0.3 is 14.9 Å². The second-order valence-corrected chi connectivity index (χ2v) is 5.65. The summed E-state index contributed by atoms with van der Waals surface area (Å²) in [5.74, 6) is -2.21. The molecule has 0 aliphatic carbocycles. The Balaban J connectivity index is 1.65. The number of rotatable bonds is 3. The van der Waals surface area contributed by atoms with E-state index in [1.807, 2.05) is 12.1 Å². The molecule has 2 heterocycles. The van der Waals surface area contributed by atoms with E-state index in [-0.39, 0.29) is 25.4 Å². The van der Waals surface area contributed by atoms with E-state index in [0.29, 0.717) is 12.1 Å². The van der Waals surface area contributed by atoms with Gasteiger partial charge in [0.2, 0.25) is 11.6 Å². The number of fused-ring (bicyclic) bond motifs is 1. The molecule has 2 aliphatic rings. The highest BCUT2D eigenvalue weighted by Gasteiger charge is 2.47. The average molecular weight is 306 g/mol. The number of hydrogen-bond acceptors (Lipinski definition) is 3. The van der Waals surface area contributed by atoms with Gasteiger partial charge in [0, 0.05) is 25.1 Å². The first-order valence-corrected chi connectivity index (χ1v) is 6.98. The van der Waals surface area contributed by atoms with Crippen molar-refractivity contribution < 1.29 is 23.9 Å². The lowest BCUT2D eigenvalue weighted by atomic mass is 10.1. The third kappa shape index (κ3) is 2.32. The normalized spacial score (nSPS) is 23.8. The van der Waals surface area contributed by atoms with Crippen molar-refractivity contribution >= 4 is 17.8 Å². The third-order valence-corrected chi connectivity index (χ3v) is 4.18. The molecule has 1 atom stereocenters. The lowest BCUT2D eigenvalue weighted by molar-refractivity contribution is -0.150. The van der Waals surface area contributed by atoms with Crippen LogP contribution in [0.15, 0.2) is 24.3 Å². The van der Waals surface area contributed by atoms with E-state index < -0.39 is 24.1 Å². The molecule has 0 radical (unpaired) electrons. The highest BCUT2D eigenvalue weighted by molar-refractivity contribution is 6.00. The van der Waals surface area contributed by atoms with Crippen molar-refractivity contribution in [2.24, 2.45) is 0 Å². The Hall–Kier alpha value is -2.44. The molecule has 0 spiro atoms. The van der Waals surface area contributed by atoms with Crippen LogP contribution in [-0.2, 0) is 16.1 Å². The summed E-state index contributed by atoms with van der Waals surface area (Å²) in [6.07, 6.45) is -0.220. The molecule has 0 saturated carbocycles. The van der Waals surface area contributed by atoms with Crippen molar-refractivity contribution in [3.63, 3.8) is 0 Å². The number of nitrogens with zero attached hydrogens (tertiary/aromatic N) is 2. The molecule has 7 heteroatoms. The summed E-state index contributed by atoms with van der Waals surface area (Å²) < 4.78 is 14.0. The fraction of sp³-hybridized carbons (Fsp3) is 0.400. The second-order valence-electron chi connectivity index (χ2n) is 5.65. The van der Waals surface area contributed by atoms with Crippen LogP contribution >= 0.6 is 0 Å². The molecular formula is C15H15FN2O4. The summed E-state index contributed by atoms with van der Waals surface area (Å²) in [5.41, 5.74) is -0.956. The Bertz CT molecular complexity index is 663. The highest BCUT2D eigenvalue weighted by Crippen LogP contribution is 2.27. The van der Waals surface area contributed by atoms with Crippen LogP contribution < -0.4 is 0 Å². The topological polar surface area (TPSA) is 77.9 Å². The molecule has 0 aromatic heterocycles. The van der Waals surface area contributed by atoms with Crippen LogP contribution in [0.5, 0.6) is 0 Å². The van der Waals surface area contributed by atoms with Crippen LogP contribution in [0.25, 0.3) is 0 Å². The van der Waals surface area contributed by atoms with Crippen LogP contribution in [-0.4, -0.2) is 58.0 Å². The SMILES string of the molecule is O=C(CN1Cc2ccccc2C1=O)N1CCC(F)(C(=O)O)C1. The van der Waals surface area contributed by atoms with Gasteiger partial charge in [-0.2, -0.15) is 0 Å². The monoisotopic (exact) mass is 306 g/mol. The Labute approximate surface area is 126 Å². The number of carboxylic acid groups (broad SMARTS) is 1. The molecule has 3 rings (SSSR count). The van der Waals surface area contributed by atoms with Crippen molar-refractivity contribution in [2.75, 3.05) is 19.6 Å². The van der Waals surface area contributed by atoms with Crippen LogP contribution in [0.2, 0.25) is 0 Å². The molecular weight excluding hydrogens is 291 g/mol. The van der Waals surface area contributed by atoms with E-state index in [1.54, 1.807) is 12.1 Å². The van der Waals surface area contributed by atoms with Gasteiger partial charge in [0.1, 0.15) is 6.54 Å². The van der Waals surface area contributed by atoms with Crippen LogP contribution in [0, 0.1) is 0 Å². The van der Waals surface area contributed by atoms with Crippen molar-refractivity contribution in [3.8, 4) is 0 Å². The quantitative estimate of drug-likeness (QED) is 0.890. The fourth-order valence-corrected chi connectivity index (χ4v) is 2.87. The van der Waals surface area contributed by atoms with Crippen molar-refractivity contribution in [3.05, 3.63) is 35.4 Å². The summed E-state index contributed by atoms with van der Waals surface area (Å²) in [4.78, 5) is 37.8. The summed E-state index contributed by atoms with van der Waals surface area (Å²) in [7, 11) is 0. The Kier molecular flexibility index (Phi) is 3.35. The molecule has 1 N–H and O–H groups in total. The predicted molar refractivity (Wildman–Crippen MR) is 73.9 cm³/mol. The number of alkyl halides is 1. The van der Waals surface area contributed by atoms with Gasteiger partial charge in [0.15, 0.2) is 0 Å². The van der Waals surface area contributed by atoms with E-state index in [2.05, 4.69) is 0 Å². The molecule has 1 aromatic carbocycles. The number of aliphatic carboxylic acids is 1. The number of halogens is 1. The summed E-state index contributed by atoms with van der Waals surface area (Å²) >= 11 is 0. The molecule has 2 aliphatic heterocycles. The first kappa shape index (κ1) is 14.5. The first-order chi connectivity index (χ1) is 10.4. The van der Waals surface area contributed by atoms with E-state index in [9.17, 15) is 18.8 Å². The van der Waals surface area contributed by atoms with Crippen LogP contribution in [0.1, 0.15) is 22.3 Å². The molecule has 6 nitrogen and oxygen atoms in total. The summed E-state index contributed by atoms with van der Waals surface area (Å²) in [6.45, 7) is -0.232. The number of benzene rings is 1. The molecule has 116 valence electrons. The molecule has 1 fully saturated rings. The minimum absolute atomic E-state index is 0.0522. The zero-order valence-corrected chi connectivity index (χ0v) is 11.8. The van der Waals surface area contributed by atoms with Gasteiger partial charge in [-0.1, -0.05) is 18.2 Å². The zero-order chi connectivity index (χ0) is 15.9. The van der Waals surface area contributed by atoms with Crippen molar-refractivity contribution in [1.82, 2.24) is 9.80 Å². The molecule has 1 saturated heterocycles. The largest absolute Gasteiger partial charge is 0.479 e. The van der Waals surface area contributed by atoms with Gasteiger partial charge in [-0.3, -0.25) is 9.59 Å². The van der Waals surface area contributed by atoms with Crippen molar-refractivity contribution in [1.29, 1.82) is 0 Å². The number of amides is 2. The van der Waals surface area contributed by atoms with E-state index in [4.69, 9.17) is 5.11 Å². The van der Waals surface area contributed by atoms with Gasteiger partial charge in [-0.05, 0) is 11.6 Å². The predicted octanol–water partition coefficient (Wildman–Crippen LogP) is 0.668. The average Bonchev–Trinajstić information content (AvgIpc) is 3.03. The zero-order valence-electron chi connectivity index (χ0n) is 11.8. The molecule has 22 heavy (non-hydrogen) atoms. The number of hydrogen-bond donors (Lipinski definition) is 1. The first-order valence-electron chi connectivity index (χ1n) is 6.98. The second kappa shape index (κ2) is 5.08. The maximum absolute atomic E-state index is 14.0. The van der Waals surface area contributed by atoms with Crippen LogP contribution in [0.3, 0.4) is 0 Å². The Morgan fingerprint density at radius 2 is 2.05 bits per heavy atom. The van der Waals surface area contributed by atoms with Crippen molar-refractivity contribution in [2.45, 2.75) is 18.6 Å². The number of carboxylic acids is 1. The lowest BCUT2D eigenvalue weighted by Gasteiger charge is -2.21. The summed E-state index contributed by atoms with van der Waals surface area (Å²) in [5, 5.41) is 8.84. The Morgan fingerprint density at radius 1 is 1.32 bits per heavy atom. The van der Waals surface area contributed by atoms with E-state index in [0.717, 1.165) is 5.56 Å². The number of carbonyl (C=O) groups is 3. The minimum Gasteiger partial charge on any atom is -0.479 e. The van der Waals surface area contributed by atoms with Crippen LogP contribution in [0.4, 0.5) is 4.39 Å². The van der Waals surface area contributed by atoms with Gasteiger partial charge in [-0.25, -0.2) is 9.18 Å². The van der Waals surface area contributed by atoms with Gasteiger partial charge in [0.25, 0.3) is 5.91 Å². The number of carbonyl (C=O) groups excluding carboxylic acids is 2. The van der Waals surface area contributed by atoms with E-state index >= 15 is 0 Å². The molecule has 1 unspecified atom stereocenters. The molecule has 2 amide bonds. The Morgan fingerprint density at radius 3 is 2.68 bits per heavy atom. The van der Waals surface area contributed by atoms with E-state index in [1.165, 1.54) is 9.80 Å². The molecule has 1 aromatic rings. The highest BCUT2D eigenvalue weighted by atomic mass is 19.1. The van der Waals surface area contributed by atoms with Gasteiger partial charge in [0.05, 0.1) is 6.54 Å². The standard InChI is InChI=1S/C15H15FN2O4/c16-15(14(21)22)5-6-17(9-15)12(19)8-18-7-10-3-1-2-4-11(10)13(18)20/h1-4H,5-9H2,(H,21,22).